The molecule has 4 heterocycles. The maximum absolute atomic E-state index is 15.5. The van der Waals surface area contributed by atoms with Crippen LogP contribution in [0.25, 0.3) is 28.0 Å². The van der Waals surface area contributed by atoms with E-state index in [2.05, 4.69) is 4.90 Å². The van der Waals surface area contributed by atoms with Crippen LogP contribution < -0.4 is 25.0 Å². The van der Waals surface area contributed by atoms with Crippen molar-refractivity contribution >= 4 is 40.4 Å². The van der Waals surface area contributed by atoms with E-state index in [4.69, 9.17) is 40.8 Å². The third kappa shape index (κ3) is 9.32. The van der Waals surface area contributed by atoms with Crippen molar-refractivity contribution in [2.24, 2.45) is 0 Å². The van der Waals surface area contributed by atoms with Crippen molar-refractivity contribution in [2.75, 3.05) is 43.7 Å². The average Bonchev–Trinajstić information content (AvgIpc) is 3.23. The van der Waals surface area contributed by atoms with Gasteiger partial charge in [-0.1, -0.05) is 61.8 Å². The Hall–Kier alpha value is -6.21. The second-order valence-electron chi connectivity index (χ2n) is 16.9. The molecule has 7 rings (SSSR count). The number of benzene rings is 3. The van der Waals surface area contributed by atoms with Gasteiger partial charge in [-0.05, 0) is 106 Å². The van der Waals surface area contributed by atoms with E-state index in [1.165, 1.54) is 10.6 Å². The number of amides is 1. The van der Waals surface area contributed by atoms with Crippen LogP contribution in [0, 0.1) is 12.7 Å². The summed E-state index contributed by atoms with van der Waals surface area (Å²) >= 11 is 6.99. The number of anilines is 2. The van der Waals surface area contributed by atoms with Gasteiger partial charge in [0.05, 0.1) is 41.7 Å². The highest BCUT2D eigenvalue weighted by Crippen LogP contribution is 2.37. The number of halogens is 2. The topological polar surface area (TPSA) is 115 Å². The number of hydrogen-bond donors (Lipinski definition) is 0. The van der Waals surface area contributed by atoms with Gasteiger partial charge in [0, 0.05) is 44.3 Å². The maximum atomic E-state index is 15.5. The van der Waals surface area contributed by atoms with Crippen LogP contribution in [0.4, 0.5) is 20.8 Å². The number of piperazine rings is 1. The summed E-state index contributed by atoms with van der Waals surface area (Å²) in [6.07, 6.45) is -0.407. The van der Waals surface area contributed by atoms with Crippen molar-refractivity contribution in [3.8, 4) is 28.4 Å². The third-order valence-corrected chi connectivity index (χ3v) is 11.1. The Kier molecular flexibility index (Phi) is 12.8. The van der Waals surface area contributed by atoms with Crippen LogP contribution in [0.15, 0.2) is 89.7 Å². The number of carbonyl (C=O) groups excluding carboxylic acids is 1. The molecule has 0 bridgehead atoms. The Labute approximate surface area is 366 Å². The van der Waals surface area contributed by atoms with Gasteiger partial charge in [-0.15, -0.1) is 0 Å². The summed E-state index contributed by atoms with van der Waals surface area (Å²) < 4.78 is 33.5. The molecule has 1 saturated heterocycles. The molecule has 1 aliphatic rings. The van der Waals surface area contributed by atoms with Gasteiger partial charge in [0.25, 0.3) is 0 Å². The normalized spacial score (nSPS) is 14.4. The maximum Gasteiger partial charge on any atom is 0.410 e. The minimum Gasteiger partial charge on any atom is -0.497 e. The van der Waals surface area contributed by atoms with Crippen molar-refractivity contribution in [1.29, 1.82) is 0 Å². The van der Waals surface area contributed by atoms with Gasteiger partial charge >= 0.3 is 11.8 Å². The first-order valence-corrected chi connectivity index (χ1v) is 21.1. The lowest BCUT2D eigenvalue weighted by molar-refractivity contribution is 0.0218. The van der Waals surface area contributed by atoms with Crippen LogP contribution in [0.5, 0.6) is 11.5 Å². The Morgan fingerprint density at radius 1 is 0.903 bits per heavy atom. The SMILES string of the molecule is COc1ccc(CN(Cc2ccc(OC)cc2)c2cc(C)c(-n3c(=O)nc(N4CCN(C(=O)OC(C)(C)C)C[C@@H]4C)c4cc(Cl)c(-c5ccccc5F)nc43)c(C(C)C)n2)cc1. The summed E-state index contributed by atoms with van der Waals surface area (Å²) in [5.74, 6) is 1.94. The lowest BCUT2D eigenvalue weighted by Gasteiger charge is -2.41. The Morgan fingerprint density at radius 3 is 2.06 bits per heavy atom. The van der Waals surface area contributed by atoms with Gasteiger partial charge in [-0.3, -0.25) is 0 Å². The van der Waals surface area contributed by atoms with Crippen LogP contribution in [-0.2, 0) is 17.8 Å². The molecular formula is C48H53ClFN7O5. The van der Waals surface area contributed by atoms with Gasteiger partial charge in [-0.25, -0.2) is 28.5 Å². The Balaban J connectivity index is 1.39. The second kappa shape index (κ2) is 18.0. The highest BCUT2D eigenvalue weighted by molar-refractivity contribution is 6.33. The van der Waals surface area contributed by atoms with E-state index in [0.717, 1.165) is 28.2 Å². The minimum atomic E-state index is -0.649. The van der Waals surface area contributed by atoms with E-state index < -0.39 is 23.2 Å². The molecule has 1 aliphatic heterocycles. The smallest absolute Gasteiger partial charge is 0.410 e. The van der Waals surface area contributed by atoms with Crippen LogP contribution >= 0.6 is 11.6 Å². The van der Waals surface area contributed by atoms with Gasteiger partial charge in [0.2, 0.25) is 0 Å². The molecule has 0 N–H and O–H groups in total. The number of aromatic nitrogens is 4. The van der Waals surface area contributed by atoms with E-state index in [0.29, 0.717) is 61.1 Å². The molecule has 3 aromatic carbocycles. The number of methoxy groups -OCH3 is 2. The molecular weight excluding hydrogens is 809 g/mol. The van der Waals surface area contributed by atoms with Crippen molar-refractivity contribution in [3.63, 3.8) is 0 Å². The number of rotatable bonds is 11. The molecule has 1 amide bonds. The highest BCUT2D eigenvalue weighted by atomic mass is 35.5. The van der Waals surface area contributed by atoms with Gasteiger partial charge < -0.3 is 28.9 Å². The molecule has 0 radical (unpaired) electrons. The van der Waals surface area contributed by atoms with E-state index in [-0.39, 0.29) is 33.9 Å². The fourth-order valence-corrected chi connectivity index (χ4v) is 8.03. The van der Waals surface area contributed by atoms with E-state index in [9.17, 15) is 9.59 Å². The number of hydrogen-bond acceptors (Lipinski definition) is 10. The monoisotopic (exact) mass is 861 g/mol. The van der Waals surface area contributed by atoms with Crippen molar-refractivity contribution in [1.82, 2.24) is 24.4 Å². The van der Waals surface area contributed by atoms with Crippen molar-refractivity contribution < 1.29 is 23.4 Å². The van der Waals surface area contributed by atoms with Crippen LogP contribution in [0.2, 0.25) is 5.02 Å². The largest absolute Gasteiger partial charge is 0.497 e. The first-order chi connectivity index (χ1) is 29.5. The molecule has 6 aromatic rings. The molecule has 0 saturated carbocycles. The number of aryl methyl sites for hydroxylation is 1. The summed E-state index contributed by atoms with van der Waals surface area (Å²) in [7, 11) is 3.29. The molecule has 0 spiro atoms. The van der Waals surface area contributed by atoms with Gasteiger partial charge in [-0.2, -0.15) is 4.98 Å². The number of nitrogens with zero attached hydrogens (tertiary/aromatic N) is 7. The van der Waals surface area contributed by atoms with Gasteiger partial charge in [0.1, 0.15) is 34.6 Å². The molecule has 1 atom stereocenters. The first kappa shape index (κ1) is 43.9. The van der Waals surface area contributed by atoms with Crippen LogP contribution in [0.3, 0.4) is 0 Å². The highest BCUT2D eigenvalue weighted by Gasteiger charge is 2.33. The molecule has 324 valence electrons. The summed E-state index contributed by atoms with van der Waals surface area (Å²) in [5, 5.41) is 0.684. The summed E-state index contributed by atoms with van der Waals surface area (Å²) in [4.78, 5) is 48.8. The predicted octanol–water partition coefficient (Wildman–Crippen LogP) is 9.74. The van der Waals surface area contributed by atoms with E-state index in [1.807, 2.05) is 108 Å². The fraction of sp³-hybridized carbons (Fsp3) is 0.354. The summed E-state index contributed by atoms with van der Waals surface area (Å²) in [6.45, 7) is 15.6. The van der Waals surface area contributed by atoms with E-state index in [1.54, 1.807) is 43.4 Å². The molecule has 14 heteroatoms. The number of pyridine rings is 2. The Morgan fingerprint density at radius 2 is 1.52 bits per heavy atom. The molecule has 12 nitrogen and oxygen atoms in total. The standard InChI is InChI=1S/C48H53ClFN7O5/c1-29(2)41-43(30(3)24-40(51-41)55(27-32-14-18-34(60-8)19-15-32)28-33-16-20-35(61-9)21-17-33)57-45-37(25-38(49)42(52-45)36-12-10-11-13-39(36)50)44(53-46(57)58)56-23-22-54(26-31(56)4)47(59)62-48(5,6)7/h10-21,24-25,29,31H,22-23,26-28H2,1-9H3/t31-/m0/s1. The summed E-state index contributed by atoms with van der Waals surface area (Å²) in [5.41, 5.74) is 3.44. The molecule has 3 aromatic heterocycles. The Bertz CT molecular complexity index is 2600. The van der Waals surface area contributed by atoms with Crippen molar-refractivity contribution in [3.05, 3.63) is 129 Å². The summed E-state index contributed by atoms with van der Waals surface area (Å²) in [6, 6.07) is 25.6. The fourth-order valence-electron chi connectivity index (χ4n) is 7.78. The average molecular weight is 862 g/mol. The molecule has 62 heavy (non-hydrogen) atoms. The third-order valence-electron chi connectivity index (χ3n) is 10.8. The zero-order valence-electron chi connectivity index (χ0n) is 36.7. The zero-order chi connectivity index (χ0) is 44.5. The molecule has 0 unspecified atom stereocenters. The van der Waals surface area contributed by atoms with E-state index >= 15 is 4.39 Å². The minimum absolute atomic E-state index is 0.159. The molecule has 1 fully saturated rings. The second-order valence-corrected chi connectivity index (χ2v) is 17.3. The zero-order valence-corrected chi connectivity index (χ0v) is 37.5. The lowest BCUT2D eigenvalue weighted by atomic mass is 10.0. The van der Waals surface area contributed by atoms with Crippen LogP contribution in [0.1, 0.15) is 69.8 Å². The quantitative estimate of drug-likeness (QED) is 0.125. The predicted molar refractivity (Wildman–Crippen MR) is 243 cm³/mol. The lowest BCUT2D eigenvalue weighted by Crippen LogP contribution is -2.55. The molecule has 0 aliphatic carbocycles. The van der Waals surface area contributed by atoms with Gasteiger partial charge in [0.15, 0.2) is 5.65 Å². The first-order valence-electron chi connectivity index (χ1n) is 20.7. The van der Waals surface area contributed by atoms with Crippen LogP contribution in [-0.4, -0.2) is 76.0 Å². The van der Waals surface area contributed by atoms with Crippen molar-refractivity contribution in [2.45, 2.75) is 79.1 Å². The number of carbonyl (C=O) groups is 1. The number of ether oxygens (including phenoxy) is 3. The number of fused-ring (bicyclic) bond motifs is 1.